The summed E-state index contributed by atoms with van der Waals surface area (Å²) in [4.78, 5) is 2.46. The average molecular weight is 746 g/mol. The molecule has 0 aliphatic rings. The summed E-state index contributed by atoms with van der Waals surface area (Å²) in [6.45, 7) is 0. The summed E-state index contributed by atoms with van der Waals surface area (Å²) in [6, 6.07) is 79.2. The van der Waals surface area contributed by atoms with Gasteiger partial charge in [-0.05, 0) is 144 Å². The predicted molar refractivity (Wildman–Crippen MR) is 255 cm³/mol. The van der Waals surface area contributed by atoms with E-state index in [4.69, 9.17) is 0 Å². The molecule has 1 heteroatoms. The van der Waals surface area contributed by atoms with E-state index < -0.39 is 0 Å². The molecule has 13 aromatic rings. The zero-order chi connectivity index (χ0) is 38.6. The first-order valence-corrected chi connectivity index (χ1v) is 20.5. The lowest BCUT2D eigenvalue weighted by atomic mass is 9.87. The summed E-state index contributed by atoms with van der Waals surface area (Å²) in [7, 11) is 0. The molecule has 0 fully saturated rings. The van der Waals surface area contributed by atoms with Crippen LogP contribution in [0.3, 0.4) is 0 Å². The van der Waals surface area contributed by atoms with Crippen molar-refractivity contribution in [2.75, 3.05) is 4.90 Å². The number of fused-ring (bicyclic) bond motifs is 6. The zero-order valence-electron chi connectivity index (χ0n) is 32.2. The molecule has 272 valence electrons. The van der Waals surface area contributed by atoms with E-state index in [9.17, 15) is 0 Å². The fourth-order valence-electron chi connectivity index (χ4n) is 10.3. The topological polar surface area (TPSA) is 3.24 Å². The summed E-state index contributed by atoms with van der Waals surface area (Å²) < 4.78 is 0. The Morgan fingerprint density at radius 2 is 0.661 bits per heavy atom. The maximum absolute atomic E-state index is 2.46. The molecule has 0 saturated carbocycles. The number of hydrogen-bond acceptors (Lipinski definition) is 1. The van der Waals surface area contributed by atoms with Crippen molar-refractivity contribution in [2.24, 2.45) is 0 Å². The van der Waals surface area contributed by atoms with E-state index in [0.717, 1.165) is 17.1 Å². The standard InChI is InChI=1S/C58H35N/c1-3-15-47-36(9-1)11-5-17-49(47)38-27-29-44(30-28-38)59(45-31-32-50-42(33-45)25-21-37-10-2-4-16-48(37)50)46-34-43-26-24-41-13-7-19-52-51-18-6-12-39-22-23-40-14-8-20-53(57(40)55(39)51)54(35-46)58(43)56(41)52/h1-35H. The molecule has 0 bridgehead atoms. The third-order valence-corrected chi connectivity index (χ3v) is 12.9. The summed E-state index contributed by atoms with van der Waals surface area (Å²) in [6.07, 6.45) is 0. The van der Waals surface area contributed by atoms with Gasteiger partial charge in [-0.3, -0.25) is 0 Å². The maximum atomic E-state index is 2.46. The summed E-state index contributed by atoms with van der Waals surface area (Å²) in [5, 5.41) is 22.9. The third-order valence-electron chi connectivity index (χ3n) is 12.9. The predicted octanol–water partition coefficient (Wildman–Crippen LogP) is 16.6. The lowest BCUT2D eigenvalue weighted by Gasteiger charge is -2.27. The van der Waals surface area contributed by atoms with Crippen LogP contribution in [0.4, 0.5) is 17.1 Å². The van der Waals surface area contributed by atoms with Gasteiger partial charge in [-0.15, -0.1) is 0 Å². The number of anilines is 3. The Kier molecular flexibility index (Phi) is 6.79. The summed E-state index contributed by atoms with van der Waals surface area (Å²) in [5.41, 5.74) is 5.80. The van der Waals surface area contributed by atoms with E-state index in [0.29, 0.717) is 0 Å². The van der Waals surface area contributed by atoms with Crippen LogP contribution >= 0.6 is 0 Å². The van der Waals surface area contributed by atoms with Gasteiger partial charge >= 0.3 is 0 Å². The molecule has 13 rings (SSSR count). The normalized spacial score (nSPS) is 12.1. The van der Waals surface area contributed by atoms with Crippen molar-refractivity contribution in [2.45, 2.75) is 0 Å². The Balaban J connectivity index is 1.12. The van der Waals surface area contributed by atoms with Gasteiger partial charge in [0.2, 0.25) is 0 Å². The molecule has 59 heavy (non-hydrogen) atoms. The third kappa shape index (κ3) is 4.79. The fraction of sp³-hybridized carbons (Fsp3) is 0. The molecule has 0 aliphatic carbocycles. The van der Waals surface area contributed by atoms with Gasteiger partial charge in [-0.2, -0.15) is 0 Å². The second kappa shape index (κ2) is 12.4. The van der Waals surface area contributed by atoms with Crippen molar-refractivity contribution < 1.29 is 0 Å². The summed E-state index contributed by atoms with van der Waals surface area (Å²) >= 11 is 0. The van der Waals surface area contributed by atoms with Gasteiger partial charge in [-0.1, -0.05) is 176 Å². The number of rotatable bonds is 4. The highest BCUT2D eigenvalue weighted by atomic mass is 15.1. The van der Waals surface area contributed by atoms with Crippen LogP contribution in [-0.4, -0.2) is 0 Å². The first-order valence-electron chi connectivity index (χ1n) is 20.5. The highest BCUT2D eigenvalue weighted by Crippen LogP contribution is 2.47. The Morgan fingerprint density at radius 1 is 0.220 bits per heavy atom. The van der Waals surface area contributed by atoms with Crippen molar-refractivity contribution in [3.63, 3.8) is 0 Å². The van der Waals surface area contributed by atoms with Gasteiger partial charge in [-0.25, -0.2) is 0 Å². The highest BCUT2D eigenvalue weighted by molar-refractivity contribution is 6.37. The monoisotopic (exact) mass is 745 g/mol. The number of hydrogen-bond donors (Lipinski definition) is 0. The Labute approximate surface area is 340 Å². The largest absolute Gasteiger partial charge is 0.310 e. The van der Waals surface area contributed by atoms with Crippen LogP contribution in [-0.2, 0) is 0 Å². The molecule has 0 heterocycles. The number of nitrogens with zero attached hydrogens (tertiary/aromatic N) is 1. The van der Waals surface area contributed by atoms with Gasteiger partial charge in [0, 0.05) is 17.1 Å². The van der Waals surface area contributed by atoms with Gasteiger partial charge < -0.3 is 4.90 Å². The molecular formula is C58H35N. The van der Waals surface area contributed by atoms with Crippen LogP contribution in [0.5, 0.6) is 0 Å². The van der Waals surface area contributed by atoms with Crippen LogP contribution in [0.1, 0.15) is 0 Å². The Hall–Kier alpha value is -7.74. The molecule has 0 spiro atoms. The molecule has 0 saturated heterocycles. The second-order valence-corrected chi connectivity index (χ2v) is 16.0. The van der Waals surface area contributed by atoms with Crippen LogP contribution < -0.4 is 4.90 Å². The molecule has 0 N–H and O–H groups in total. The van der Waals surface area contributed by atoms with E-state index in [2.05, 4.69) is 217 Å². The lowest BCUT2D eigenvalue weighted by molar-refractivity contribution is 1.30. The van der Waals surface area contributed by atoms with Crippen LogP contribution in [0.2, 0.25) is 0 Å². The molecule has 0 atom stereocenters. The second-order valence-electron chi connectivity index (χ2n) is 16.0. The Bertz CT molecular complexity index is 3830. The van der Waals surface area contributed by atoms with Gasteiger partial charge in [0.1, 0.15) is 0 Å². The fourth-order valence-corrected chi connectivity index (χ4v) is 10.3. The van der Waals surface area contributed by atoms with Crippen LogP contribution in [0.25, 0.3) is 108 Å². The van der Waals surface area contributed by atoms with Crippen molar-refractivity contribution >= 4 is 114 Å². The van der Waals surface area contributed by atoms with E-state index in [-0.39, 0.29) is 0 Å². The SMILES string of the molecule is c1ccc2c(-c3ccc(N(c4ccc5c(ccc6ccccc65)c4)c4cc5ccc6cccc7c8cccc9ccc%10cccc(c(c4)c5c67)c%10c98)cc3)cccc2c1. The van der Waals surface area contributed by atoms with Crippen LogP contribution in [0.15, 0.2) is 212 Å². The molecule has 0 amide bonds. The smallest absolute Gasteiger partial charge is 0.0474 e. The average Bonchev–Trinajstić information content (AvgIpc) is 3.30. The lowest BCUT2D eigenvalue weighted by Crippen LogP contribution is -2.10. The first-order chi connectivity index (χ1) is 29.2. The van der Waals surface area contributed by atoms with E-state index in [1.165, 1.54) is 108 Å². The van der Waals surface area contributed by atoms with Crippen molar-refractivity contribution in [3.8, 4) is 11.1 Å². The van der Waals surface area contributed by atoms with Gasteiger partial charge in [0.25, 0.3) is 0 Å². The molecule has 0 radical (unpaired) electrons. The van der Waals surface area contributed by atoms with E-state index in [1.54, 1.807) is 0 Å². The quantitative estimate of drug-likeness (QED) is 0.162. The molecule has 13 aromatic carbocycles. The molecule has 0 aliphatic heterocycles. The highest BCUT2D eigenvalue weighted by Gasteiger charge is 2.20. The maximum Gasteiger partial charge on any atom is 0.0474 e. The molecule has 0 unspecified atom stereocenters. The minimum absolute atomic E-state index is 1.11. The molecular weight excluding hydrogens is 711 g/mol. The van der Waals surface area contributed by atoms with Crippen molar-refractivity contribution in [1.29, 1.82) is 0 Å². The Morgan fingerprint density at radius 3 is 1.36 bits per heavy atom. The van der Waals surface area contributed by atoms with E-state index >= 15 is 0 Å². The molecule has 0 aromatic heterocycles. The van der Waals surface area contributed by atoms with E-state index in [1.807, 2.05) is 0 Å². The number of benzene rings is 12. The first kappa shape index (κ1) is 32.4. The van der Waals surface area contributed by atoms with Crippen LogP contribution in [0, 0.1) is 0 Å². The summed E-state index contributed by atoms with van der Waals surface area (Å²) in [5.74, 6) is 0. The van der Waals surface area contributed by atoms with Gasteiger partial charge in [0.15, 0.2) is 0 Å². The minimum Gasteiger partial charge on any atom is -0.310 e. The van der Waals surface area contributed by atoms with Gasteiger partial charge in [0.05, 0.1) is 0 Å². The van der Waals surface area contributed by atoms with Crippen molar-refractivity contribution in [1.82, 2.24) is 0 Å². The molecule has 1 nitrogen and oxygen atoms in total. The zero-order valence-corrected chi connectivity index (χ0v) is 32.2. The van der Waals surface area contributed by atoms with Crippen molar-refractivity contribution in [3.05, 3.63) is 212 Å². The minimum atomic E-state index is 1.11.